The summed E-state index contributed by atoms with van der Waals surface area (Å²) < 4.78 is 57.6. The normalized spacial score (nSPS) is 30.4. The first-order valence-electron chi connectivity index (χ1n) is 10.1. The number of halogens is 4. The van der Waals surface area contributed by atoms with Crippen molar-refractivity contribution < 1.29 is 17.6 Å². The molecule has 1 aromatic carbocycles. The zero-order chi connectivity index (χ0) is 18.9. The highest BCUT2D eigenvalue weighted by atomic mass is 19.3. The number of aryl methyl sites for hydroxylation is 1. The van der Waals surface area contributed by atoms with Crippen LogP contribution < -0.4 is 0 Å². The molecule has 0 saturated heterocycles. The van der Waals surface area contributed by atoms with E-state index in [1.807, 2.05) is 0 Å². The van der Waals surface area contributed by atoms with Crippen molar-refractivity contribution >= 4 is 0 Å². The molecule has 2 aliphatic rings. The van der Waals surface area contributed by atoms with Crippen LogP contribution in [0, 0.1) is 36.3 Å². The Kier molecular flexibility index (Phi) is 5.98. The molecule has 2 aliphatic carbocycles. The van der Waals surface area contributed by atoms with Crippen molar-refractivity contribution in [3.05, 3.63) is 34.9 Å². The minimum atomic E-state index is -2.63. The van der Waals surface area contributed by atoms with Gasteiger partial charge in [0.05, 0.1) is 0 Å². The molecule has 0 bridgehead atoms. The van der Waals surface area contributed by atoms with Crippen LogP contribution in [0.4, 0.5) is 17.6 Å². The van der Waals surface area contributed by atoms with E-state index in [4.69, 9.17) is 0 Å². The molecular formula is C22H30F4. The number of hydrogen-bond donors (Lipinski definition) is 0. The van der Waals surface area contributed by atoms with E-state index in [9.17, 15) is 17.6 Å². The maximum absolute atomic E-state index is 14.8. The minimum Gasteiger partial charge on any atom is -0.207 e. The van der Waals surface area contributed by atoms with Gasteiger partial charge in [-0.2, -0.15) is 0 Å². The Labute approximate surface area is 154 Å². The van der Waals surface area contributed by atoms with Crippen molar-refractivity contribution in [1.82, 2.24) is 0 Å². The zero-order valence-electron chi connectivity index (χ0n) is 15.8. The molecule has 2 saturated carbocycles. The number of rotatable bonds is 4. The predicted molar refractivity (Wildman–Crippen MR) is 96.5 cm³/mol. The molecule has 0 aromatic heterocycles. The molecule has 0 unspecified atom stereocenters. The molecule has 0 atom stereocenters. The average molecular weight is 370 g/mol. The van der Waals surface area contributed by atoms with Gasteiger partial charge < -0.3 is 0 Å². The second-order valence-corrected chi connectivity index (χ2v) is 8.74. The molecule has 0 aliphatic heterocycles. The lowest BCUT2D eigenvalue weighted by atomic mass is 9.72. The molecule has 26 heavy (non-hydrogen) atoms. The molecule has 0 radical (unpaired) electrons. The summed E-state index contributed by atoms with van der Waals surface area (Å²) in [4.78, 5) is 0. The summed E-state index contributed by atoms with van der Waals surface area (Å²) in [6, 6.07) is 3.21. The highest BCUT2D eigenvalue weighted by Gasteiger charge is 2.43. The van der Waals surface area contributed by atoms with E-state index in [0.29, 0.717) is 37.2 Å². The number of benzene rings is 1. The quantitative estimate of drug-likeness (QED) is 0.484. The molecule has 146 valence electrons. The molecule has 0 heterocycles. The summed E-state index contributed by atoms with van der Waals surface area (Å²) in [6.07, 6.45) is 5.79. The molecule has 2 fully saturated rings. The first kappa shape index (κ1) is 19.7. The Balaban J connectivity index is 1.58. The lowest BCUT2D eigenvalue weighted by Gasteiger charge is -2.37. The number of alkyl halides is 2. The fourth-order valence-corrected chi connectivity index (χ4v) is 4.89. The van der Waals surface area contributed by atoms with E-state index >= 15 is 0 Å². The summed E-state index contributed by atoms with van der Waals surface area (Å²) in [7, 11) is 0. The van der Waals surface area contributed by atoms with Gasteiger partial charge in [0.15, 0.2) is 11.6 Å². The third kappa shape index (κ3) is 4.26. The van der Waals surface area contributed by atoms with Crippen LogP contribution in [0.1, 0.15) is 81.8 Å². The lowest BCUT2D eigenvalue weighted by Crippen LogP contribution is -2.34. The van der Waals surface area contributed by atoms with Gasteiger partial charge >= 0.3 is 0 Å². The van der Waals surface area contributed by atoms with Crippen LogP contribution >= 0.6 is 0 Å². The fourth-order valence-electron chi connectivity index (χ4n) is 4.89. The molecule has 0 nitrogen and oxygen atoms in total. The molecule has 4 heteroatoms. The van der Waals surface area contributed by atoms with Crippen LogP contribution in [0.3, 0.4) is 0 Å². The monoisotopic (exact) mass is 370 g/mol. The van der Waals surface area contributed by atoms with Crippen LogP contribution in [-0.4, -0.2) is 5.92 Å². The van der Waals surface area contributed by atoms with Crippen molar-refractivity contribution in [2.75, 3.05) is 0 Å². The van der Waals surface area contributed by atoms with E-state index in [1.54, 1.807) is 12.1 Å². The standard InChI is InChI=1S/C22H30F4/c1-14-3-6-16(7-4-14)13-22(25,26)18-10-8-17(9-11-18)19-12-5-15(2)20(23)21(19)24/h5,12,14,16-18H,3-4,6-11,13H2,1-2H3. The Morgan fingerprint density at radius 3 is 2.12 bits per heavy atom. The molecule has 3 rings (SSSR count). The van der Waals surface area contributed by atoms with Gasteiger partial charge in [-0.25, -0.2) is 17.6 Å². The van der Waals surface area contributed by atoms with E-state index in [2.05, 4.69) is 6.92 Å². The van der Waals surface area contributed by atoms with Gasteiger partial charge in [-0.1, -0.05) is 31.9 Å². The zero-order valence-corrected chi connectivity index (χ0v) is 15.8. The maximum Gasteiger partial charge on any atom is 0.251 e. The van der Waals surface area contributed by atoms with Crippen LogP contribution in [0.5, 0.6) is 0 Å². The summed E-state index contributed by atoms with van der Waals surface area (Å²) in [6.45, 7) is 3.73. The summed E-state index contributed by atoms with van der Waals surface area (Å²) in [5, 5.41) is 0. The maximum atomic E-state index is 14.8. The average Bonchev–Trinajstić information content (AvgIpc) is 2.62. The van der Waals surface area contributed by atoms with Gasteiger partial charge in [0.25, 0.3) is 5.92 Å². The Morgan fingerprint density at radius 2 is 1.50 bits per heavy atom. The van der Waals surface area contributed by atoms with Crippen LogP contribution in [0.15, 0.2) is 12.1 Å². The summed E-state index contributed by atoms with van der Waals surface area (Å²) in [5.74, 6) is -4.18. The third-order valence-corrected chi connectivity index (χ3v) is 6.77. The van der Waals surface area contributed by atoms with Crippen LogP contribution in [0.25, 0.3) is 0 Å². The van der Waals surface area contributed by atoms with Gasteiger partial charge in [0.2, 0.25) is 0 Å². The second kappa shape index (κ2) is 7.90. The van der Waals surface area contributed by atoms with Crippen molar-refractivity contribution in [2.24, 2.45) is 17.8 Å². The van der Waals surface area contributed by atoms with Gasteiger partial charge in [0, 0.05) is 12.3 Å². The van der Waals surface area contributed by atoms with Crippen molar-refractivity contribution in [3.63, 3.8) is 0 Å². The van der Waals surface area contributed by atoms with E-state index < -0.39 is 23.5 Å². The fraction of sp³-hybridized carbons (Fsp3) is 0.727. The summed E-state index contributed by atoms with van der Waals surface area (Å²) >= 11 is 0. The minimum absolute atomic E-state index is 0.00255. The van der Waals surface area contributed by atoms with Crippen LogP contribution in [0.2, 0.25) is 0 Å². The SMILES string of the molecule is Cc1ccc(C2CCC(C(F)(F)CC3CCC(C)CC3)CC2)c(F)c1F. The molecule has 0 spiro atoms. The van der Waals surface area contributed by atoms with Gasteiger partial charge in [-0.3, -0.25) is 0 Å². The van der Waals surface area contributed by atoms with E-state index in [0.717, 1.165) is 25.7 Å². The summed E-state index contributed by atoms with van der Waals surface area (Å²) in [5.41, 5.74) is 0.643. The molecular weight excluding hydrogens is 340 g/mol. The van der Waals surface area contributed by atoms with Crippen molar-refractivity contribution in [3.8, 4) is 0 Å². The second-order valence-electron chi connectivity index (χ2n) is 8.74. The highest BCUT2D eigenvalue weighted by molar-refractivity contribution is 5.28. The van der Waals surface area contributed by atoms with Gasteiger partial charge in [-0.15, -0.1) is 0 Å². The molecule has 0 N–H and O–H groups in total. The molecule has 0 amide bonds. The van der Waals surface area contributed by atoms with Gasteiger partial charge in [0.1, 0.15) is 0 Å². The first-order chi connectivity index (χ1) is 12.3. The Hall–Kier alpha value is -1.06. The Morgan fingerprint density at radius 1 is 0.885 bits per heavy atom. The number of hydrogen-bond acceptors (Lipinski definition) is 0. The first-order valence-corrected chi connectivity index (χ1v) is 10.1. The van der Waals surface area contributed by atoms with E-state index in [1.165, 1.54) is 6.92 Å². The van der Waals surface area contributed by atoms with Gasteiger partial charge in [-0.05, 0) is 74.3 Å². The van der Waals surface area contributed by atoms with Crippen LogP contribution in [-0.2, 0) is 0 Å². The third-order valence-electron chi connectivity index (χ3n) is 6.77. The predicted octanol–water partition coefficient (Wildman–Crippen LogP) is 7.40. The lowest BCUT2D eigenvalue weighted by molar-refractivity contribution is -0.0935. The van der Waals surface area contributed by atoms with Crippen molar-refractivity contribution in [2.45, 2.75) is 83.5 Å². The molecule has 1 aromatic rings. The highest BCUT2D eigenvalue weighted by Crippen LogP contribution is 2.47. The topological polar surface area (TPSA) is 0 Å². The van der Waals surface area contributed by atoms with E-state index in [-0.39, 0.29) is 23.8 Å². The largest absolute Gasteiger partial charge is 0.251 e. The van der Waals surface area contributed by atoms with Crippen molar-refractivity contribution in [1.29, 1.82) is 0 Å². The Bertz CT molecular complexity index is 609. The smallest absolute Gasteiger partial charge is 0.207 e.